The lowest BCUT2D eigenvalue weighted by atomic mass is 10.0. The summed E-state index contributed by atoms with van der Waals surface area (Å²) in [5.41, 5.74) is 9.07. The Morgan fingerprint density at radius 1 is 1.12 bits per heavy atom. The molecule has 0 saturated heterocycles. The van der Waals surface area contributed by atoms with Crippen LogP contribution in [0.25, 0.3) is 32.0 Å². The van der Waals surface area contributed by atoms with E-state index in [1.165, 1.54) is 17.4 Å². The maximum Gasteiger partial charge on any atom is 0.156 e. The van der Waals surface area contributed by atoms with Gasteiger partial charge in [0.25, 0.3) is 0 Å². The van der Waals surface area contributed by atoms with Crippen LogP contribution >= 0.6 is 11.3 Å². The molecule has 0 spiro atoms. The van der Waals surface area contributed by atoms with Gasteiger partial charge in [0.1, 0.15) is 16.5 Å². The van der Waals surface area contributed by atoms with Crippen LogP contribution in [0.1, 0.15) is 5.56 Å². The van der Waals surface area contributed by atoms with Crippen LogP contribution < -0.4 is 5.73 Å². The Morgan fingerprint density at radius 2 is 1.92 bits per heavy atom. The van der Waals surface area contributed by atoms with Crippen LogP contribution in [0.15, 0.2) is 36.4 Å². The van der Waals surface area contributed by atoms with Gasteiger partial charge in [-0.25, -0.2) is 4.98 Å². The zero-order chi connectivity index (χ0) is 16.8. The SMILES string of the molecule is Cc1c(O)ccc(-c2[nH]nc(N)c2-c2nc3ccccc3s2)c1O. The number of phenols is 2. The molecular formula is C17H14N4O2S. The van der Waals surface area contributed by atoms with E-state index in [0.717, 1.165) is 15.2 Å². The molecule has 0 aliphatic rings. The second-order valence-electron chi connectivity index (χ2n) is 5.45. The number of nitrogen functional groups attached to an aromatic ring is 1. The topological polar surface area (TPSA) is 108 Å². The number of aromatic hydroxyl groups is 2. The molecule has 0 bridgehead atoms. The highest BCUT2D eigenvalue weighted by Crippen LogP contribution is 2.43. The summed E-state index contributed by atoms with van der Waals surface area (Å²) in [5.74, 6) is 0.334. The van der Waals surface area contributed by atoms with Crippen molar-refractivity contribution in [2.24, 2.45) is 0 Å². The number of nitrogens with two attached hydrogens (primary N) is 1. The monoisotopic (exact) mass is 338 g/mol. The molecule has 5 N–H and O–H groups in total. The number of nitrogens with one attached hydrogen (secondary N) is 1. The van der Waals surface area contributed by atoms with Crippen molar-refractivity contribution >= 4 is 27.4 Å². The Hall–Kier alpha value is -3.06. The Bertz CT molecular complexity index is 1030. The first kappa shape index (κ1) is 14.5. The number of hydrogen-bond donors (Lipinski definition) is 4. The lowest BCUT2D eigenvalue weighted by Crippen LogP contribution is -1.89. The predicted molar refractivity (Wildman–Crippen MR) is 95.1 cm³/mol. The smallest absolute Gasteiger partial charge is 0.156 e. The highest BCUT2D eigenvalue weighted by molar-refractivity contribution is 7.21. The average molecular weight is 338 g/mol. The second kappa shape index (κ2) is 5.24. The third-order valence-corrected chi connectivity index (χ3v) is 5.03. The summed E-state index contributed by atoms with van der Waals surface area (Å²) in [7, 11) is 0. The number of rotatable bonds is 2. The molecule has 0 saturated carbocycles. The zero-order valence-corrected chi connectivity index (χ0v) is 13.6. The van der Waals surface area contributed by atoms with Gasteiger partial charge in [-0.1, -0.05) is 12.1 Å². The summed E-state index contributed by atoms with van der Waals surface area (Å²) in [6.45, 7) is 1.64. The van der Waals surface area contributed by atoms with E-state index in [0.29, 0.717) is 28.2 Å². The Kier molecular flexibility index (Phi) is 3.17. The number of aromatic nitrogens is 3. The van der Waals surface area contributed by atoms with Crippen molar-refractivity contribution in [1.82, 2.24) is 15.2 Å². The van der Waals surface area contributed by atoms with Crippen molar-refractivity contribution in [2.45, 2.75) is 6.92 Å². The van der Waals surface area contributed by atoms with Crippen LogP contribution in [0.4, 0.5) is 5.82 Å². The maximum absolute atomic E-state index is 10.4. The van der Waals surface area contributed by atoms with Crippen LogP contribution in [0.3, 0.4) is 0 Å². The Balaban J connectivity index is 1.95. The van der Waals surface area contributed by atoms with E-state index in [2.05, 4.69) is 15.2 Å². The highest BCUT2D eigenvalue weighted by atomic mass is 32.1. The summed E-state index contributed by atoms with van der Waals surface area (Å²) in [4.78, 5) is 4.62. The highest BCUT2D eigenvalue weighted by Gasteiger charge is 2.21. The number of para-hydroxylation sites is 1. The number of benzene rings is 2. The standard InChI is InChI=1S/C17H14N4O2S/c1-8-11(22)7-6-9(15(8)23)14-13(16(18)21-20-14)17-19-10-4-2-3-5-12(10)24-17/h2-7,22-23H,1H3,(H3,18,20,21). The molecule has 0 atom stereocenters. The van der Waals surface area contributed by atoms with Crippen molar-refractivity contribution in [3.05, 3.63) is 42.0 Å². The van der Waals surface area contributed by atoms with Crippen molar-refractivity contribution in [1.29, 1.82) is 0 Å². The van der Waals surface area contributed by atoms with E-state index in [4.69, 9.17) is 5.73 Å². The first-order chi connectivity index (χ1) is 11.6. The van der Waals surface area contributed by atoms with Crippen molar-refractivity contribution in [3.8, 4) is 33.3 Å². The normalized spacial score (nSPS) is 11.2. The van der Waals surface area contributed by atoms with Crippen molar-refractivity contribution in [2.75, 3.05) is 5.73 Å². The molecular weight excluding hydrogens is 324 g/mol. The molecule has 120 valence electrons. The van der Waals surface area contributed by atoms with Crippen molar-refractivity contribution in [3.63, 3.8) is 0 Å². The number of anilines is 1. The van der Waals surface area contributed by atoms with Gasteiger partial charge >= 0.3 is 0 Å². The fourth-order valence-corrected chi connectivity index (χ4v) is 3.66. The fourth-order valence-electron chi connectivity index (χ4n) is 2.64. The second-order valence-corrected chi connectivity index (χ2v) is 6.48. The molecule has 0 aliphatic carbocycles. The van der Waals surface area contributed by atoms with Gasteiger partial charge in [-0.2, -0.15) is 5.10 Å². The number of thiazole rings is 1. The van der Waals surface area contributed by atoms with Crippen LogP contribution in [-0.4, -0.2) is 25.4 Å². The molecule has 24 heavy (non-hydrogen) atoms. The molecule has 2 heterocycles. The van der Waals surface area contributed by atoms with Gasteiger partial charge in [-0.15, -0.1) is 11.3 Å². The predicted octanol–water partition coefficient (Wildman–Crippen LogP) is 3.66. The molecule has 7 heteroatoms. The Labute approximate surface area is 141 Å². The summed E-state index contributed by atoms with van der Waals surface area (Å²) >= 11 is 1.51. The summed E-state index contributed by atoms with van der Waals surface area (Å²) in [6, 6.07) is 11.0. The van der Waals surface area contributed by atoms with E-state index in [-0.39, 0.29) is 11.5 Å². The summed E-state index contributed by atoms with van der Waals surface area (Å²) in [5, 5.41) is 27.8. The minimum absolute atomic E-state index is 0.0130. The number of hydrogen-bond acceptors (Lipinski definition) is 6. The molecule has 0 amide bonds. The molecule has 0 unspecified atom stereocenters. The lowest BCUT2D eigenvalue weighted by molar-refractivity contribution is 0.444. The van der Waals surface area contributed by atoms with Gasteiger partial charge < -0.3 is 15.9 Å². The lowest BCUT2D eigenvalue weighted by Gasteiger charge is -2.08. The van der Waals surface area contributed by atoms with E-state index >= 15 is 0 Å². The number of phenolic OH excluding ortho intramolecular Hbond substituents is 2. The summed E-state index contributed by atoms with van der Waals surface area (Å²) < 4.78 is 1.05. The number of nitrogens with zero attached hydrogens (tertiary/aromatic N) is 2. The van der Waals surface area contributed by atoms with Crippen LogP contribution in [0.2, 0.25) is 0 Å². The molecule has 0 radical (unpaired) electrons. The largest absolute Gasteiger partial charge is 0.508 e. The first-order valence-electron chi connectivity index (χ1n) is 7.28. The van der Waals surface area contributed by atoms with E-state index in [1.54, 1.807) is 13.0 Å². The molecule has 0 fully saturated rings. The molecule has 0 aliphatic heterocycles. The van der Waals surface area contributed by atoms with Gasteiger partial charge in [-0.3, -0.25) is 5.10 Å². The minimum atomic E-state index is -0.0130. The zero-order valence-electron chi connectivity index (χ0n) is 12.7. The quantitative estimate of drug-likeness (QED) is 0.446. The fraction of sp³-hybridized carbons (Fsp3) is 0.0588. The van der Waals surface area contributed by atoms with E-state index < -0.39 is 0 Å². The van der Waals surface area contributed by atoms with E-state index in [9.17, 15) is 10.2 Å². The van der Waals surface area contributed by atoms with Gasteiger partial charge in [-0.05, 0) is 31.2 Å². The molecule has 4 aromatic rings. The Morgan fingerprint density at radius 3 is 2.71 bits per heavy atom. The van der Waals surface area contributed by atoms with Crippen LogP contribution in [0, 0.1) is 6.92 Å². The van der Waals surface area contributed by atoms with Crippen LogP contribution in [0.5, 0.6) is 11.5 Å². The molecule has 2 aromatic carbocycles. The van der Waals surface area contributed by atoms with Gasteiger partial charge in [0.15, 0.2) is 5.82 Å². The first-order valence-corrected chi connectivity index (χ1v) is 8.09. The van der Waals surface area contributed by atoms with E-state index in [1.807, 2.05) is 24.3 Å². The molecule has 6 nitrogen and oxygen atoms in total. The van der Waals surface area contributed by atoms with Gasteiger partial charge in [0.2, 0.25) is 0 Å². The average Bonchev–Trinajstić information content (AvgIpc) is 3.15. The molecule has 4 rings (SSSR count). The molecule has 2 aromatic heterocycles. The maximum atomic E-state index is 10.4. The van der Waals surface area contributed by atoms with Gasteiger partial charge in [0.05, 0.1) is 21.5 Å². The van der Waals surface area contributed by atoms with Crippen LogP contribution in [-0.2, 0) is 0 Å². The minimum Gasteiger partial charge on any atom is -0.508 e. The number of H-pyrrole nitrogens is 1. The summed E-state index contributed by atoms with van der Waals surface area (Å²) in [6.07, 6.45) is 0. The number of fused-ring (bicyclic) bond motifs is 1. The van der Waals surface area contributed by atoms with Gasteiger partial charge in [0, 0.05) is 11.1 Å². The van der Waals surface area contributed by atoms with Crippen molar-refractivity contribution < 1.29 is 10.2 Å². The third-order valence-electron chi connectivity index (χ3n) is 3.97. The third kappa shape index (κ3) is 2.10. The number of aromatic amines is 1.